The highest BCUT2D eigenvalue weighted by atomic mass is 16.6. The van der Waals surface area contributed by atoms with Crippen molar-refractivity contribution in [2.45, 2.75) is 0 Å². The lowest BCUT2D eigenvalue weighted by molar-refractivity contribution is -0.385. The van der Waals surface area contributed by atoms with Gasteiger partial charge >= 0.3 is 5.69 Å². The minimum Gasteiger partial charge on any atom is -0.496 e. The summed E-state index contributed by atoms with van der Waals surface area (Å²) in [4.78, 5) is 10.4. The van der Waals surface area contributed by atoms with Crippen LogP contribution in [0.1, 0.15) is 5.56 Å². The molecule has 0 N–H and O–H groups in total. The van der Waals surface area contributed by atoms with Crippen molar-refractivity contribution in [3.8, 4) is 11.5 Å². The van der Waals surface area contributed by atoms with Gasteiger partial charge in [-0.3, -0.25) is 10.1 Å². The predicted octanol–water partition coefficient (Wildman–Crippen LogP) is 1.09. The van der Waals surface area contributed by atoms with Crippen LogP contribution in [-0.2, 0) is 0 Å². The van der Waals surface area contributed by atoms with E-state index in [0.717, 1.165) is 0 Å². The normalized spacial score (nSPS) is 10.7. The molecule has 0 amide bonds. The highest BCUT2D eigenvalue weighted by Crippen LogP contribution is 2.33. The molecule has 2 aromatic rings. The van der Waals surface area contributed by atoms with Crippen LogP contribution in [0, 0.1) is 10.1 Å². The number of ether oxygens (including phenoxy) is 2. The lowest BCUT2D eigenvalue weighted by atomic mass is 10.1. The van der Waals surface area contributed by atoms with Gasteiger partial charge in [-0.05, 0) is 0 Å². The summed E-state index contributed by atoms with van der Waals surface area (Å²) < 4.78 is 11.5. The molecule has 0 aliphatic carbocycles. The molecule has 104 valence electrons. The first-order valence-corrected chi connectivity index (χ1v) is 5.45. The summed E-state index contributed by atoms with van der Waals surface area (Å²) in [6.07, 6.45) is 4.19. The Morgan fingerprint density at radius 1 is 1.25 bits per heavy atom. The summed E-state index contributed by atoms with van der Waals surface area (Å²) in [5, 5.41) is 22.2. The molecule has 1 aromatic carbocycles. The molecule has 0 saturated heterocycles. The number of nitro groups is 1. The summed E-state index contributed by atoms with van der Waals surface area (Å²) in [6.45, 7) is 0. The van der Waals surface area contributed by atoms with Crippen molar-refractivity contribution >= 4 is 11.9 Å². The Kier molecular flexibility index (Phi) is 3.89. The molecule has 0 fully saturated rings. The first-order valence-electron chi connectivity index (χ1n) is 5.45. The van der Waals surface area contributed by atoms with Crippen molar-refractivity contribution in [1.29, 1.82) is 0 Å². The molecule has 9 nitrogen and oxygen atoms in total. The molecule has 2 rings (SSSR count). The predicted molar refractivity (Wildman–Crippen MR) is 69.2 cm³/mol. The number of hydrogen-bond acceptors (Lipinski definition) is 7. The van der Waals surface area contributed by atoms with E-state index in [1.165, 1.54) is 49.9 Å². The Labute approximate surface area is 113 Å². The molecule has 1 heterocycles. The van der Waals surface area contributed by atoms with Gasteiger partial charge in [0.1, 0.15) is 18.4 Å². The maximum Gasteiger partial charge on any atom is 0.311 e. The molecular weight excluding hydrogens is 266 g/mol. The number of methoxy groups -OCH3 is 2. The monoisotopic (exact) mass is 277 g/mol. The fourth-order valence-electron chi connectivity index (χ4n) is 1.53. The van der Waals surface area contributed by atoms with Crippen LogP contribution in [0.2, 0.25) is 0 Å². The van der Waals surface area contributed by atoms with Crippen LogP contribution in [0.3, 0.4) is 0 Å². The van der Waals surface area contributed by atoms with Crippen molar-refractivity contribution in [2.75, 3.05) is 14.2 Å². The minimum absolute atomic E-state index is 0.119. The Balaban J connectivity index is 2.45. The Hall–Kier alpha value is -2.97. The Morgan fingerprint density at radius 3 is 2.45 bits per heavy atom. The van der Waals surface area contributed by atoms with Crippen LogP contribution in [0.5, 0.6) is 11.5 Å². The van der Waals surface area contributed by atoms with E-state index < -0.39 is 4.92 Å². The molecule has 20 heavy (non-hydrogen) atoms. The van der Waals surface area contributed by atoms with E-state index >= 15 is 0 Å². The number of rotatable bonds is 5. The van der Waals surface area contributed by atoms with Crippen molar-refractivity contribution in [3.05, 3.63) is 40.5 Å². The number of benzene rings is 1. The van der Waals surface area contributed by atoms with E-state index in [9.17, 15) is 10.1 Å². The molecule has 1 aromatic heterocycles. The lowest BCUT2D eigenvalue weighted by Crippen LogP contribution is -1.99. The van der Waals surface area contributed by atoms with E-state index in [0.29, 0.717) is 11.3 Å². The third-order valence-corrected chi connectivity index (χ3v) is 2.46. The van der Waals surface area contributed by atoms with Gasteiger partial charge in [-0.25, -0.2) is 4.68 Å². The summed E-state index contributed by atoms with van der Waals surface area (Å²) in [5.41, 5.74) is 0.271. The van der Waals surface area contributed by atoms with Gasteiger partial charge in [0.05, 0.1) is 25.4 Å². The van der Waals surface area contributed by atoms with Gasteiger partial charge in [0.2, 0.25) is 5.75 Å². The zero-order valence-electron chi connectivity index (χ0n) is 10.8. The maximum atomic E-state index is 11.0. The SMILES string of the molecule is COc1cc(OC)c([N+](=O)[O-])cc1/C=N/n1cnnc1. The van der Waals surface area contributed by atoms with Gasteiger partial charge in [0.25, 0.3) is 0 Å². The highest BCUT2D eigenvalue weighted by Gasteiger charge is 2.18. The van der Waals surface area contributed by atoms with Crippen LogP contribution in [0.4, 0.5) is 5.69 Å². The summed E-state index contributed by atoms with van der Waals surface area (Å²) >= 11 is 0. The van der Waals surface area contributed by atoms with E-state index in [1.54, 1.807) is 0 Å². The summed E-state index contributed by atoms with van der Waals surface area (Å²) in [7, 11) is 2.81. The van der Waals surface area contributed by atoms with Crippen LogP contribution in [-0.4, -0.2) is 40.2 Å². The first kappa shape index (κ1) is 13.5. The average Bonchev–Trinajstić information content (AvgIpc) is 2.97. The van der Waals surface area contributed by atoms with Crippen LogP contribution in [0.15, 0.2) is 29.9 Å². The summed E-state index contributed by atoms with van der Waals surface area (Å²) in [5.74, 6) is 0.526. The van der Waals surface area contributed by atoms with Crippen molar-refractivity contribution < 1.29 is 14.4 Å². The van der Waals surface area contributed by atoms with Crippen molar-refractivity contribution in [3.63, 3.8) is 0 Å². The number of nitrogens with zero attached hydrogens (tertiary/aromatic N) is 5. The standard InChI is InChI=1S/C11H11N5O4/c1-19-10-4-11(20-2)9(16(17)18)3-8(10)5-14-15-6-12-13-7-15/h3-7H,1-2H3/b14-5+. The molecule has 0 atom stereocenters. The zero-order chi connectivity index (χ0) is 14.5. The topological polar surface area (TPSA) is 105 Å². The second kappa shape index (κ2) is 5.78. The fourth-order valence-corrected chi connectivity index (χ4v) is 1.53. The molecular formula is C11H11N5O4. The van der Waals surface area contributed by atoms with Gasteiger partial charge in [-0.2, -0.15) is 5.10 Å². The molecule has 0 saturated carbocycles. The third kappa shape index (κ3) is 2.71. The van der Waals surface area contributed by atoms with Gasteiger partial charge in [-0.15, -0.1) is 10.2 Å². The smallest absolute Gasteiger partial charge is 0.311 e. The van der Waals surface area contributed by atoms with E-state index in [2.05, 4.69) is 15.3 Å². The Morgan fingerprint density at radius 2 is 1.90 bits per heavy atom. The molecule has 0 unspecified atom stereocenters. The molecule has 0 radical (unpaired) electrons. The van der Waals surface area contributed by atoms with E-state index in [-0.39, 0.29) is 11.4 Å². The average molecular weight is 277 g/mol. The summed E-state index contributed by atoms with van der Waals surface area (Å²) in [6, 6.07) is 2.76. The van der Waals surface area contributed by atoms with Crippen LogP contribution < -0.4 is 9.47 Å². The van der Waals surface area contributed by atoms with E-state index in [4.69, 9.17) is 9.47 Å². The quantitative estimate of drug-likeness (QED) is 0.460. The molecule has 0 spiro atoms. The Bertz CT molecular complexity index is 639. The maximum absolute atomic E-state index is 11.0. The molecule has 0 aliphatic rings. The van der Waals surface area contributed by atoms with Crippen LogP contribution >= 0.6 is 0 Å². The highest BCUT2D eigenvalue weighted by molar-refractivity contribution is 5.85. The van der Waals surface area contributed by atoms with E-state index in [1.807, 2.05) is 0 Å². The van der Waals surface area contributed by atoms with Gasteiger partial charge < -0.3 is 9.47 Å². The first-order chi connectivity index (χ1) is 9.65. The second-order valence-corrected chi connectivity index (χ2v) is 3.61. The molecule has 0 aliphatic heterocycles. The lowest BCUT2D eigenvalue weighted by Gasteiger charge is -2.07. The van der Waals surface area contributed by atoms with Gasteiger partial charge in [0, 0.05) is 17.7 Å². The van der Waals surface area contributed by atoms with Crippen molar-refractivity contribution in [1.82, 2.24) is 14.9 Å². The fraction of sp³-hybridized carbons (Fsp3) is 0.182. The van der Waals surface area contributed by atoms with Gasteiger partial charge in [-0.1, -0.05) is 0 Å². The number of hydrogen-bond donors (Lipinski definition) is 0. The molecule has 0 bridgehead atoms. The van der Waals surface area contributed by atoms with Crippen LogP contribution in [0.25, 0.3) is 0 Å². The zero-order valence-corrected chi connectivity index (χ0v) is 10.8. The third-order valence-electron chi connectivity index (χ3n) is 2.46. The molecule has 9 heteroatoms. The van der Waals surface area contributed by atoms with Gasteiger partial charge in [0.15, 0.2) is 0 Å². The van der Waals surface area contributed by atoms with Crippen molar-refractivity contribution in [2.24, 2.45) is 5.10 Å². The number of aromatic nitrogens is 3. The largest absolute Gasteiger partial charge is 0.496 e. The number of nitro benzene ring substituents is 1. The second-order valence-electron chi connectivity index (χ2n) is 3.61. The minimum atomic E-state index is -0.533.